The van der Waals surface area contributed by atoms with Crippen molar-refractivity contribution in [2.24, 2.45) is 0 Å². The summed E-state index contributed by atoms with van der Waals surface area (Å²) in [4.78, 5) is 12.2. The van der Waals surface area contributed by atoms with E-state index in [0.717, 1.165) is 28.8 Å². The number of carbonyl (C=O) groups is 1. The number of thiocarbonyl (C=S) groups is 1. The summed E-state index contributed by atoms with van der Waals surface area (Å²) in [6, 6.07) is 12.0. The summed E-state index contributed by atoms with van der Waals surface area (Å²) in [5, 5.41) is 6.09. The van der Waals surface area contributed by atoms with Crippen molar-refractivity contribution in [1.82, 2.24) is 5.32 Å². The first kappa shape index (κ1) is 20.9. The molecule has 0 heterocycles. The lowest BCUT2D eigenvalue weighted by atomic mass is 9.98. The van der Waals surface area contributed by atoms with Gasteiger partial charge < -0.3 is 10.1 Å². The zero-order chi connectivity index (χ0) is 20.0. The quantitative estimate of drug-likeness (QED) is 0.697. The van der Waals surface area contributed by atoms with Crippen LogP contribution in [-0.4, -0.2) is 17.6 Å². The third kappa shape index (κ3) is 5.79. The Morgan fingerprint density at radius 2 is 1.89 bits per heavy atom. The van der Waals surface area contributed by atoms with Crippen LogP contribution in [0.3, 0.4) is 0 Å². The number of aryl methyl sites for hydroxylation is 3. The zero-order valence-corrected chi connectivity index (χ0v) is 17.5. The SMILES string of the molecule is CCc1cccc(C)c1NC(=S)NC(=O)COc1ccc(C(C)C)c(C)c1. The fraction of sp³-hybridized carbons (Fsp3) is 0.364. The average Bonchev–Trinajstić information content (AvgIpc) is 2.61. The Morgan fingerprint density at radius 3 is 2.52 bits per heavy atom. The van der Waals surface area contributed by atoms with Gasteiger partial charge in [0.2, 0.25) is 0 Å². The van der Waals surface area contributed by atoms with Gasteiger partial charge in [-0.3, -0.25) is 10.1 Å². The smallest absolute Gasteiger partial charge is 0.264 e. The molecule has 0 aliphatic carbocycles. The number of nitrogens with one attached hydrogen (secondary N) is 2. The number of carbonyl (C=O) groups excluding carboxylic acids is 1. The summed E-state index contributed by atoms with van der Waals surface area (Å²) in [6.07, 6.45) is 0.884. The molecule has 27 heavy (non-hydrogen) atoms. The van der Waals surface area contributed by atoms with Crippen molar-refractivity contribution < 1.29 is 9.53 Å². The second-order valence-electron chi connectivity index (χ2n) is 6.93. The molecule has 144 valence electrons. The van der Waals surface area contributed by atoms with Crippen molar-refractivity contribution in [3.05, 3.63) is 58.7 Å². The van der Waals surface area contributed by atoms with Crippen LogP contribution in [0.5, 0.6) is 5.75 Å². The number of hydrogen-bond acceptors (Lipinski definition) is 3. The van der Waals surface area contributed by atoms with E-state index in [0.29, 0.717) is 11.7 Å². The van der Waals surface area contributed by atoms with Gasteiger partial charge in [-0.05, 0) is 72.8 Å². The van der Waals surface area contributed by atoms with Crippen LogP contribution in [0.2, 0.25) is 0 Å². The summed E-state index contributed by atoms with van der Waals surface area (Å²) in [7, 11) is 0. The highest BCUT2D eigenvalue weighted by Gasteiger charge is 2.10. The summed E-state index contributed by atoms with van der Waals surface area (Å²) < 4.78 is 5.60. The molecule has 1 amide bonds. The lowest BCUT2D eigenvalue weighted by molar-refractivity contribution is -0.121. The van der Waals surface area contributed by atoms with Crippen molar-refractivity contribution >= 4 is 28.9 Å². The minimum atomic E-state index is -0.287. The maximum absolute atomic E-state index is 12.2. The number of rotatable bonds is 6. The number of hydrogen-bond donors (Lipinski definition) is 2. The molecule has 0 saturated carbocycles. The fourth-order valence-electron chi connectivity index (χ4n) is 3.04. The summed E-state index contributed by atoms with van der Waals surface area (Å²) in [5.41, 5.74) is 5.63. The Bertz CT molecular complexity index is 831. The van der Waals surface area contributed by atoms with Crippen molar-refractivity contribution in [3.63, 3.8) is 0 Å². The molecule has 0 aliphatic rings. The largest absolute Gasteiger partial charge is 0.484 e. The number of ether oxygens (including phenoxy) is 1. The molecule has 0 saturated heterocycles. The van der Waals surface area contributed by atoms with Crippen molar-refractivity contribution in [2.75, 3.05) is 11.9 Å². The van der Waals surface area contributed by atoms with Crippen molar-refractivity contribution in [1.29, 1.82) is 0 Å². The molecule has 0 unspecified atom stereocenters. The molecule has 2 N–H and O–H groups in total. The first-order valence-corrected chi connectivity index (χ1v) is 9.65. The van der Waals surface area contributed by atoms with E-state index in [1.165, 1.54) is 5.56 Å². The second kappa shape index (κ2) is 9.51. The molecular weight excluding hydrogens is 356 g/mol. The summed E-state index contributed by atoms with van der Waals surface area (Å²) in [6.45, 7) is 10.4. The topological polar surface area (TPSA) is 50.4 Å². The molecule has 0 aliphatic heterocycles. The number of anilines is 1. The number of para-hydroxylation sites is 1. The van der Waals surface area contributed by atoms with E-state index >= 15 is 0 Å². The van der Waals surface area contributed by atoms with Crippen LogP contribution in [0.4, 0.5) is 5.69 Å². The van der Waals surface area contributed by atoms with Gasteiger partial charge in [0.15, 0.2) is 11.7 Å². The van der Waals surface area contributed by atoms with Crippen LogP contribution in [-0.2, 0) is 11.2 Å². The maximum Gasteiger partial charge on any atom is 0.264 e. The molecule has 0 aromatic heterocycles. The Morgan fingerprint density at radius 1 is 1.15 bits per heavy atom. The van der Waals surface area contributed by atoms with E-state index in [9.17, 15) is 4.79 Å². The molecule has 2 rings (SSSR count). The minimum Gasteiger partial charge on any atom is -0.484 e. The van der Waals surface area contributed by atoms with Crippen LogP contribution in [0, 0.1) is 13.8 Å². The predicted octanol–water partition coefficient (Wildman–Crippen LogP) is 4.88. The number of benzene rings is 2. The predicted molar refractivity (Wildman–Crippen MR) is 116 cm³/mol. The highest BCUT2D eigenvalue weighted by atomic mass is 32.1. The molecule has 0 atom stereocenters. The molecule has 0 spiro atoms. The first-order valence-electron chi connectivity index (χ1n) is 9.24. The van der Waals surface area contributed by atoms with Gasteiger partial charge in [-0.1, -0.05) is 45.0 Å². The van der Waals surface area contributed by atoms with Gasteiger partial charge in [-0.2, -0.15) is 0 Å². The van der Waals surface area contributed by atoms with E-state index in [2.05, 4.69) is 38.3 Å². The van der Waals surface area contributed by atoms with E-state index in [1.54, 1.807) is 0 Å². The van der Waals surface area contributed by atoms with Crippen LogP contribution >= 0.6 is 12.2 Å². The Labute approximate surface area is 167 Å². The highest BCUT2D eigenvalue weighted by molar-refractivity contribution is 7.80. The van der Waals surface area contributed by atoms with E-state index < -0.39 is 0 Å². The molecule has 4 nitrogen and oxygen atoms in total. The molecule has 2 aromatic carbocycles. The third-order valence-electron chi connectivity index (χ3n) is 4.46. The second-order valence-corrected chi connectivity index (χ2v) is 7.33. The first-order chi connectivity index (χ1) is 12.8. The maximum atomic E-state index is 12.2. The van der Waals surface area contributed by atoms with Gasteiger partial charge in [0.1, 0.15) is 5.75 Å². The number of amides is 1. The standard InChI is InChI=1S/C22H28N2O2S/c1-6-17-9-7-8-15(4)21(17)24-22(27)23-20(25)13-26-18-10-11-19(14(2)3)16(5)12-18/h7-12,14H,6,13H2,1-5H3,(H2,23,24,25,27). The third-order valence-corrected chi connectivity index (χ3v) is 4.67. The normalized spacial score (nSPS) is 10.6. The average molecular weight is 385 g/mol. The van der Waals surface area contributed by atoms with Crippen molar-refractivity contribution in [3.8, 4) is 5.75 Å². The molecule has 0 bridgehead atoms. The van der Waals surface area contributed by atoms with Gasteiger partial charge in [-0.15, -0.1) is 0 Å². The molecular formula is C22H28N2O2S. The summed E-state index contributed by atoms with van der Waals surface area (Å²) >= 11 is 5.28. The molecule has 5 heteroatoms. The van der Waals surface area contributed by atoms with E-state index in [1.807, 2.05) is 43.3 Å². The van der Waals surface area contributed by atoms with E-state index in [4.69, 9.17) is 17.0 Å². The fourth-order valence-corrected chi connectivity index (χ4v) is 3.26. The monoisotopic (exact) mass is 384 g/mol. The molecule has 0 fully saturated rings. The van der Waals surface area contributed by atoms with Crippen LogP contribution in [0.15, 0.2) is 36.4 Å². The Balaban J connectivity index is 1.91. The van der Waals surface area contributed by atoms with Crippen LogP contribution < -0.4 is 15.4 Å². The summed E-state index contributed by atoms with van der Waals surface area (Å²) in [5.74, 6) is 0.850. The van der Waals surface area contributed by atoms with Gasteiger partial charge in [0.25, 0.3) is 5.91 Å². The van der Waals surface area contributed by atoms with Gasteiger partial charge in [-0.25, -0.2) is 0 Å². The lowest BCUT2D eigenvalue weighted by Gasteiger charge is -2.16. The van der Waals surface area contributed by atoms with Crippen molar-refractivity contribution in [2.45, 2.75) is 47.0 Å². The Hall–Kier alpha value is -2.40. The Kier molecular flexibility index (Phi) is 7.36. The highest BCUT2D eigenvalue weighted by Crippen LogP contribution is 2.23. The molecule has 0 radical (unpaired) electrons. The van der Waals surface area contributed by atoms with Gasteiger partial charge in [0.05, 0.1) is 0 Å². The van der Waals surface area contributed by atoms with Crippen LogP contribution in [0.25, 0.3) is 0 Å². The zero-order valence-electron chi connectivity index (χ0n) is 16.7. The minimum absolute atomic E-state index is 0.0866. The van der Waals surface area contributed by atoms with Gasteiger partial charge >= 0.3 is 0 Å². The van der Waals surface area contributed by atoms with E-state index in [-0.39, 0.29) is 17.6 Å². The lowest BCUT2D eigenvalue weighted by Crippen LogP contribution is -2.37. The van der Waals surface area contributed by atoms with Crippen LogP contribution in [0.1, 0.15) is 48.9 Å². The van der Waals surface area contributed by atoms with Gasteiger partial charge in [0, 0.05) is 5.69 Å². The molecule has 2 aromatic rings.